The van der Waals surface area contributed by atoms with Gasteiger partial charge in [-0.3, -0.25) is 4.79 Å². The van der Waals surface area contributed by atoms with Crippen LogP contribution in [-0.2, 0) is 6.61 Å². The molecule has 0 aromatic heterocycles. The normalized spacial score (nSPS) is 10.9. The maximum atomic E-state index is 13.0. The number of carbonyl (C=O) groups excluding carboxylic acids is 1. The van der Waals surface area contributed by atoms with Crippen LogP contribution in [0.2, 0.25) is 5.02 Å². The Bertz CT molecular complexity index is 1120. The molecule has 0 unspecified atom stereocenters. The van der Waals surface area contributed by atoms with E-state index >= 15 is 0 Å². The molecule has 0 aliphatic heterocycles. The Morgan fingerprint density at radius 2 is 1.90 bits per heavy atom. The number of benzene rings is 3. The van der Waals surface area contributed by atoms with Gasteiger partial charge in [0.05, 0.1) is 13.3 Å². The second-order valence-corrected chi connectivity index (χ2v) is 7.86. The summed E-state index contributed by atoms with van der Waals surface area (Å²) in [6.45, 7) is 2.12. The van der Waals surface area contributed by atoms with Crippen LogP contribution in [-0.4, -0.2) is 19.2 Å². The molecule has 3 aromatic rings. The van der Waals surface area contributed by atoms with Gasteiger partial charge < -0.3 is 9.47 Å². The van der Waals surface area contributed by atoms with E-state index in [2.05, 4.69) is 26.5 Å². The molecule has 0 aliphatic rings. The van der Waals surface area contributed by atoms with Crippen LogP contribution in [0.25, 0.3) is 0 Å². The molecule has 0 atom stereocenters. The summed E-state index contributed by atoms with van der Waals surface area (Å²) in [6, 6.07) is 14.6. The first-order valence-corrected chi connectivity index (χ1v) is 10.4. The monoisotopic (exact) mass is 504 g/mol. The van der Waals surface area contributed by atoms with Crippen molar-refractivity contribution in [3.63, 3.8) is 0 Å². The zero-order valence-corrected chi connectivity index (χ0v) is 19.1. The van der Waals surface area contributed by atoms with Crippen LogP contribution in [0.3, 0.4) is 0 Å². The average molecular weight is 506 g/mol. The fourth-order valence-corrected chi connectivity index (χ4v) is 3.23. The number of nitrogens with one attached hydrogen (secondary N) is 1. The highest BCUT2D eigenvalue weighted by Gasteiger charge is 2.11. The summed E-state index contributed by atoms with van der Waals surface area (Å²) in [6.07, 6.45) is 1.49. The van der Waals surface area contributed by atoms with Gasteiger partial charge in [0, 0.05) is 20.6 Å². The third kappa shape index (κ3) is 6.06. The van der Waals surface area contributed by atoms with Crippen LogP contribution >= 0.6 is 27.5 Å². The predicted octanol–water partition coefficient (Wildman–Crippen LogP) is 5.90. The minimum absolute atomic E-state index is 0.256. The van der Waals surface area contributed by atoms with Crippen LogP contribution in [0.15, 0.2) is 64.2 Å². The third-order valence-electron chi connectivity index (χ3n) is 4.39. The summed E-state index contributed by atoms with van der Waals surface area (Å²) in [4.78, 5) is 12.2. The van der Waals surface area contributed by atoms with Crippen molar-refractivity contribution in [3.8, 4) is 11.5 Å². The van der Waals surface area contributed by atoms with E-state index in [1.807, 2.05) is 6.92 Å². The van der Waals surface area contributed by atoms with Gasteiger partial charge in [0.1, 0.15) is 12.4 Å². The molecule has 3 rings (SSSR count). The first-order valence-electron chi connectivity index (χ1n) is 9.21. The lowest BCUT2D eigenvalue weighted by Crippen LogP contribution is -2.17. The van der Waals surface area contributed by atoms with Gasteiger partial charge in [-0.1, -0.05) is 29.8 Å². The molecule has 3 aromatic carbocycles. The summed E-state index contributed by atoms with van der Waals surface area (Å²) in [5.74, 6) is 0.323. The summed E-state index contributed by atoms with van der Waals surface area (Å²) < 4.78 is 24.9. The van der Waals surface area contributed by atoms with Gasteiger partial charge in [-0.2, -0.15) is 5.10 Å². The highest BCUT2D eigenvalue weighted by Crippen LogP contribution is 2.33. The molecule has 0 bridgehead atoms. The third-order valence-corrected chi connectivity index (χ3v) is 5.49. The molecule has 0 aliphatic carbocycles. The van der Waals surface area contributed by atoms with Crippen LogP contribution in [0, 0.1) is 12.7 Å². The molecule has 160 valence electrons. The van der Waals surface area contributed by atoms with Gasteiger partial charge in [-0.15, -0.1) is 0 Å². The van der Waals surface area contributed by atoms with Crippen molar-refractivity contribution in [2.45, 2.75) is 13.5 Å². The van der Waals surface area contributed by atoms with Crippen molar-refractivity contribution in [2.24, 2.45) is 5.10 Å². The number of hydrogen-bond donors (Lipinski definition) is 1. The lowest BCUT2D eigenvalue weighted by Gasteiger charge is -2.13. The Labute approximate surface area is 193 Å². The molecule has 0 radical (unpaired) electrons. The van der Waals surface area contributed by atoms with Crippen molar-refractivity contribution in [1.82, 2.24) is 5.43 Å². The number of nitrogens with zero attached hydrogens (tertiary/aromatic N) is 1. The average Bonchev–Trinajstić information content (AvgIpc) is 2.76. The van der Waals surface area contributed by atoms with Crippen molar-refractivity contribution in [2.75, 3.05) is 7.11 Å². The molecule has 31 heavy (non-hydrogen) atoms. The SMILES string of the molecule is COc1cc(/C=N\NC(=O)c2ccc(C)c(Cl)c2)c(Br)cc1OCc1ccc(F)cc1. The summed E-state index contributed by atoms with van der Waals surface area (Å²) >= 11 is 9.53. The number of hydrogen-bond acceptors (Lipinski definition) is 4. The van der Waals surface area contributed by atoms with Crippen LogP contribution < -0.4 is 14.9 Å². The number of aryl methyl sites for hydroxylation is 1. The Morgan fingerprint density at radius 3 is 2.58 bits per heavy atom. The van der Waals surface area contributed by atoms with Gasteiger partial charge >= 0.3 is 0 Å². The lowest BCUT2D eigenvalue weighted by atomic mass is 10.1. The molecule has 0 spiro atoms. The Kier molecular flexibility index (Phi) is 7.65. The van der Waals surface area contributed by atoms with E-state index in [9.17, 15) is 9.18 Å². The molecule has 0 heterocycles. The molecule has 1 N–H and O–H groups in total. The van der Waals surface area contributed by atoms with Gasteiger partial charge in [0.2, 0.25) is 0 Å². The van der Waals surface area contributed by atoms with E-state index < -0.39 is 0 Å². The summed E-state index contributed by atoms with van der Waals surface area (Å²) in [7, 11) is 1.53. The summed E-state index contributed by atoms with van der Waals surface area (Å²) in [5, 5.41) is 4.52. The maximum Gasteiger partial charge on any atom is 0.271 e. The molecular weight excluding hydrogens is 487 g/mol. The minimum Gasteiger partial charge on any atom is -0.493 e. The molecular formula is C23H19BrClFN2O3. The number of rotatable bonds is 7. The minimum atomic E-state index is -0.375. The second kappa shape index (κ2) is 10.4. The number of amides is 1. The van der Waals surface area contributed by atoms with Crippen molar-refractivity contribution in [1.29, 1.82) is 0 Å². The van der Waals surface area contributed by atoms with E-state index in [1.54, 1.807) is 42.5 Å². The van der Waals surface area contributed by atoms with E-state index in [0.29, 0.717) is 32.1 Å². The van der Waals surface area contributed by atoms with Crippen LogP contribution in [0.1, 0.15) is 27.0 Å². The van der Waals surface area contributed by atoms with Crippen molar-refractivity contribution < 1.29 is 18.7 Å². The van der Waals surface area contributed by atoms with Gasteiger partial charge in [0.15, 0.2) is 11.5 Å². The van der Waals surface area contributed by atoms with Crippen LogP contribution in [0.4, 0.5) is 4.39 Å². The molecule has 0 saturated heterocycles. The lowest BCUT2D eigenvalue weighted by molar-refractivity contribution is 0.0955. The Balaban J connectivity index is 1.69. The second-order valence-electron chi connectivity index (χ2n) is 6.60. The van der Waals surface area contributed by atoms with E-state index in [4.69, 9.17) is 21.1 Å². The van der Waals surface area contributed by atoms with Gasteiger partial charge in [-0.25, -0.2) is 9.82 Å². The highest BCUT2D eigenvalue weighted by molar-refractivity contribution is 9.10. The largest absolute Gasteiger partial charge is 0.493 e. The number of carbonyl (C=O) groups is 1. The van der Waals surface area contributed by atoms with Gasteiger partial charge in [-0.05, 0) is 70.4 Å². The van der Waals surface area contributed by atoms with Crippen LogP contribution in [0.5, 0.6) is 11.5 Å². The first-order chi connectivity index (χ1) is 14.9. The molecule has 1 amide bonds. The first kappa shape index (κ1) is 22.8. The fourth-order valence-electron chi connectivity index (χ4n) is 2.62. The highest BCUT2D eigenvalue weighted by atomic mass is 79.9. The molecule has 8 heteroatoms. The van der Waals surface area contributed by atoms with Crippen molar-refractivity contribution >= 4 is 39.7 Å². The zero-order chi connectivity index (χ0) is 22.4. The Hall–Kier alpha value is -2.90. The number of halogens is 3. The number of hydrazone groups is 1. The maximum absolute atomic E-state index is 13.0. The zero-order valence-electron chi connectivity index (χ0n) is 16.8. The van der Waals surface area contributed by atoms with E-state index in [-0.39, 0.29) is 18.3 Å². The number of methoxy groups -OCH3 is 1. The molecule has 5 nitrogen and oxygen atoms in total. The smallest absolute Gasteiger partial charge is 0.271 e. The standard InChI is InChI=1S/C23H19BrClFN2O3/c1-14-3-6-16(9-20(14)25)23(29)28-27-12-17-10-21(30-2)22(11-19(17)24)31-13-15-4-7-18(26)8-5-15/h3-12H,13H2,1-2H3,(H,28,29)/b27-12-. The van der Waals surface area contributed by atoms with Gasteiger partial charge in [0.25, 0.3) is 5.91 Å². The van der Waals surface area contributed by atoms with Crippen molar-refractivity contribution in [3.05, 3.63) is 92.2 Å². The fraction of sp³-hybridized carbons (Fsp3) is 0.130. The molecule has 0 saturated carbocycles. The van der Waals surface area contributed by atoms with E-state index in [1.165, 1.54) is 25.5 Å². The summed E-state index contributed by atoms with van der Waals surface area (Å²) in [5.41, 5.74) is 5.27. The molecule has 0 fully saturated rings. The Morgan fingerprint density at radius 1 is 1.16 bits per heavy atom. The quantitative estimate of drug-likeness (QED) is 0.321. The van der Waals surface area contributed by atoms with E-state index in [0.717, 1.165) is 11.1 Å². The number of ether oxygens (including phenoxy) is 2. The topological polar surface area (TPSA) is 59.9 Å². The predicted molar refractivity (Wildman–Crippen MR) is 123 cm³/mol.